The molecule has 0 unspecified atom stereocenters. The topological polar surface area (TPSA) is 41.4 Å². The highest BCUT2D eigenvalue weighted by Crippen LogP contribution is 2.20. The number of aromatic nitrogens is 2. The van der Waals surface area contributed by atoms with Gasteiger partial charge in [0.1, 0.15) is 0 Å². The average molecular weight is 340 g/mol. The lowest BCUT2D eigenvalue weighted by molar-refractivity contribution is 0.0662. The molecule has 0 atom stereocenters. The van der Waals surface area contributed by atoms with Crippen molar-refractivity contribution in [3.63, 3.8) is 0 Å². The summed E-state index contributed by atoms with van der Waals surface area (Å²) in [4.78, 5) is 17.4. The lowest BCUT2D eigenvalue weighted by Gasteiger charge is -2.32. The van der Waals surface area contributed by atoms with Crippen LogP contribution in [0.15, 0.2) is 30.3 Å². The van der Waals surface area contributed by atoms with Crippen LogP contribution >= 0.6 is 0 Å². The highest BCUT2D eigenvalue weighted by molar-refractivity contribution is 5.96. The third-order valence-corrected chi connectivity index (χ3v) is 4.95. The fourth-order valence-corrected chi connectivity index (χ4v) is 3.38. The summed E-state index contributed by atoms with van der Waals surface area (Å²) in [5, 5.41) is 4.78. The molecule has 1 aliphatic heterocycles. The second-order valence-corrected chi connectivity index (χ2v) is 6.90. The van der Waals surface area contributed by atoms with Crippen LogP contribution in [0.25, 0.3) is 0 Å². The highest BCUT2D eigenvalue weighted by atomic mass is 16.2. The number of nitrogens with zero attached hydrogens (tertiary/aromatic N) is 4. The van der Waals surface area contributed by atoms with E-state index in [1.807, 2.05) is 34.7 Å². The Bertz CT molecular complexity index is 715. The average Bonchev–Trinajstić information content (AvgIpc) is 2.92. The molecule has 25 heavy (non-hydrogen) atoms. The van der Waals surface area contributed by atoms with Gasteiger partial charge in [0, 0.05) is 31.9 Å². The fraction of sp³-hybridized carbons (Fsp3) is 0.500. The van der Waals surface area contributed by atoms with Gasteiger partial charge < -0.3 is 9.80 Å². The number of amides is 1. The first-order valence-corrected chi connectivity index (χ1v) is 9.18. The molecule has 0 bridgehead atoms. The van der Waals surface area contributed by atoms with Crippen LogP contribution < -0.4 is 0 Å². The Morgan fingerprint density at radius 2 is 1.80 bits per heavy atom. The number of carbonyl (C=O) groups is 1. The molecule has 1 amide bonds. The third-order valence-electron chi connectivity index (χ3n) is 4.95. The van der Waals surface area contributed by atoms with Gasteiger partial charge in [0.25, 0.3) is 5.91 Å². The van der Waals surface area contributed by atoms with Crippen LogP contribution in [-0.4, -0.2) is 58.7 Å². The second kappa shape index (κ2) is 7.83. The number of rotatable bonds is 5. The lowest BCUT2D eigenvalue weighted by Crippen LogP contribution is -2.47. The Balaban J connectivity index is 1.88. The van der Waals surface area contributed by atoms with E-state index >= 15 is 0 Å². The predicted molar refractivity (Wildman–Crippen MR) is 99.9 cm³/mol. The standard InChI is InChI=1S/C20H28N4O/c1-4-8-18-19(20(25)23-13-11-22(3)12-14-23)16(2)24(21-18)15-17-9-6-5-7-10-17/h5-7,9-10H,4,8,11-15H2,1-3H3. The molecule has 0 spiro atoms. The predicted octanol–water partition coefficient (Wildman–Crippen LogP) is 2.58. The van der Waals surface area contributed by atoms with Crippen LogP contribution in [0.4, 0.5) is 0 Å². The zero-order valence-electron chi connectivity index (χ0n) is 15.5. The van der Waals surface area contributed by atoms with E-state index in [1.54, 1.807) is 0 Å². The first kappa shape index (κ1) is 17.7. The summed E-state index contributed by atoms with van der Waals surface area (Å²) in [6.07, 6.45) is 1.84. The normalized spacial score (nSPS) is 15.6. The molecule has 0 radical (unpaired) electrons. The molecule has 1 aliphatic rings. The summed E-state index contributed by atoms with van der Waals surface area (Å²) in [5.74, 6) is 0.147. The fourth-order valence-electron chi connectivity index (χ4n) is 3.38. The SMILES string of the molecule is CCCc1nn(Cc2ccccc2)c(C)c1C(=O)N1CCN(C)CC1. The van der Waals surface area contributed by atoms with Crippen molar-refractivity contribution in [2.24, 2.45) is 0 Å². The first-order valence-electron chi connectivity index (χ1n) is 9.18. The Labute approximate surface area is 150 Å². The minimum Gasteiger partial charge on any atom is -0.336 e. The van der Waals surface area contributed by atoms with Gasteiger partial charge in [0.2, 0.25) is 0 Å². The molecule has 2 aromatic rings. The summed E-state index contributed by atoms with van der Waals surface area (Å²) in [7, 11) is 2.10. The van der Waals surface area contributed by atoms with E-state index in [-0.39, 0.29) is 5.91 Å². The van der Waals surface area contributed by atoms with Crippen molar-refractivity contribution in [1.82, 2.24) is 19.6 Å². The maximum Gasteiger partial charge on any atom is 0.257 e. The van der Waals surface area contributed by atoms with E-state index in [2.05, 4.69) is 31.0 Å². The van der Waals surface area contributed by atoms with Gasteiger partial charge in [0.05, 0.1) is 17.8 Å². The molecular weight excluding hydrogens is 312 g/mol. The summed E-state index contributed by atoms with van der Waals surface area (Å²) in [6.45, 7) is 8.33. The largest absolute Gasteiger partial charge is 0.336 e. The van der Waals surface area contributed by atoms with Gasteiger partial charge in [-0.15, -0.1) is 0 Å². The Morgan fingerprint density at radius 3 is 2.44 bits per heavy atom. The van der Waals surface area contributed by atoms with Crippen molar-refractivity contribution in [2.45, 2.75) is 33.2 Å². The van der Waals surface area contributed by atoms with E-state index < -0.39 is 0 Å². The monoisotopic (exact) mass is 340 g/mol. The van der Waals surface area contributed by atoms with E-state index in [4.69, 9.17) is 5.10 Å². The maximum atomic E-state index is 13.1. The Morgan fingerprint density at radius 1 is 1.12 bits per heavy atom. The molecule has 5 heteroatoms. The molecule has 1 aromatic carbocycles. The van der Waals surface area contributed by atoms with Crippen molar-refractivity contribution in [3.8, 4) is 0 Å². The van der Waals surface area contributed by atoms with E-state index in [0.717, 1.165) is 56.0 Å². The molecule has 1 aromatic heterocycles. The zero-order chi connectivity index (χ0) is 17.8. The third kappa shape index (κ3) is 3.93. The van der Waals surface area contributed by atoms with E-state index in [1.165, 1.54) is 5.56 Å². The zero-order valence-corrected chi connectivity index (χ0v) is 15.5. The number of aryl methyl sites for hydroxylation is 1. The second-order valence-electron chi connectivity index (χ2n) is 6.90. The van der Waals surface area contributed by atoms with Crippen LogP contribution in [0, 0.1) is 6.92 Å². The number of hydrogen-bond acceptors (Lipinski definition) is 3. The van der Waals surface area contributed by atoms with Crippen LogP contribution in [0.2, 0.25) is 0 Å². The molecule has 134 valence electrons. The summed E-state index contributed by atoms with van der Waals surface area (Å²) in [5.41, 5.74) is 3.95. The van der Waals surface area contributed by atoms with Crippen molar-refractivity contribution >= 4 is 5.91 Å². The van der Waals surface area contributed by atoms with Gasteiger partial charge in [-0.3, -0.25) is 9.48 Å². The van der Waals surface area contributed by atoms with Crippen molar-refractivity contribution in [3.05, 3.63) is 52.8 Å². The van der Waals surface area contributed by atoms with Gasteiger partial charge in [-0.05, 0) is 26.0 Å². The van der Waals surface area contributed by atoms with E-state index in [0.29, 0.717) is 6.54 Å². The minimum atomic E-state index is 0.147. The maximum absolute atomic E-state index is 13.1. The Hall–Kier alpha value is -2.14. The van der Waals surface area contributed by atoms with Crippen LogP contribution in [0.5, 0.6) is 0 Å². The number of piperazine rings is 1. The molecule has 2 heterocycles. The quantitative estimate of drug-likeness (QED) is 0.840. The van der Waals surface area contributed by atoms with Gasteiger partial charge in [-0.2, -0.15) is 5.10 Å². The van der Waals surface area contributed by atoms with Gasteiger partial charge >= 0.3 is 0 Å². The molecule has 3 rings (SSSR count). The summed E-state index contributed by atoms with van der Waals surface area (Å²) >= 11 is 0. The van der Waals surface area contributed by atoms with Crippen molar-refractivity contribution < 1.29 is 4.79 Å². The molecule has 0 N–H and O–H groups in total. The minimum absolute atomic E-state index is 0.147. The molecule has 1 saturated heterocycles. The van der Waals surface area contributed by atoms with Crippen molar-refractivity contribution in [1.29, 1.82) is 0 Å². The van der Waals surface area contributed by atoms with Crippen LogP contribution in [0.3, 0.4) is 0 Å². The molecule has 0 aliphatic carbocycles. The number of carbonyl (C=O) groups excluding carboxylic acids is 1. The number of hydrogen-bond donors (Lipinski definition) is 0. The van der Waals surface area contributed by atoms with Gasteiger partial charge in [-0.1, -0.05) is 43.7 Å². The smallest absolute Gasteiger partial charge is 0.257 e. The lowest BCUT2D eigenvalue weighted by atomic mass is 10.1. The molecule has 5 nitrogen and oxygen atoms in total. The highest BCUT2D eigenvalue weighted by Gasteiger charge is 2.27. The van der Waals surface area contributed by atoms with Crippen LogP contribution in [0.1, 0.15) is 40.7 Å². The first-order chi connectivity index (χ1) is 12.1. The van der Waals surface area contributed by atoms with Gasteiger partial charge in [0.15, 0.2) is 0 Å². The molecule has 0 saturated carbocycles. The van der Waals surface area contributed by atoms with Crippen molar-refractivity contribution in [2.75, 3.05) is 33.2 Å². The van der Waals surface area contributed by atoms with Crippen LogP contribution in [-0.2, 0) is 13.0 Å². The number of likely N-dealkylation sites (N-methyl/N-ethyl adjacent to an activating group) is 1. The summed E-state index contributed by atoms with van der Waals surface area (Å²) in [6, 6.07) is 10.3. The summed E-state index contributed by atoms with van der Waals surface area (Å²) < 4.78 is 1.99. The molecular formula is C20H28N4O. The van der Waals surface area contributed by atoms with E-state index in [9.17, 15) is 4.79 Å². The van der Waals surface area contributed by atoms with Gasteiger partial charge in [-0.25, -0.2) is 0 Å². The number of benzene rings is 1. The Kier molecular flexibility index (Phi) is 5.53. The molecule has 1 fully saturated rings.